The number of anilines is 10. The van der Waals surface area contributed by atoms with Gasteiger partial charge in [-0.15, -0.1) is 0 Å². The molecule has 0 saturated heterocycles. The van der Waals surface area contributed by atoms with E-state index >= 15 is 0 Å². The summed E-state index contributed by atoms with van der Waals surface area (Å²) < 4.78 is 155. The highest BCUT2D eigenvalue weighted by molar-refractivity contribution is 8.13. The normalized spacial score (nSPS) is 10.3. The molecule has 0 aliphatic heterocycles. The Labute approximate surface area is 598 Å². The minimum absolute atomic E-state index is 0.0779. The number of hydrogen-bond donors (Lipinski definition) is 11. The molecule has 0 bridgehead atoms. The van der Waals surface area contributed by atoms with Crippen LogP contribution >= 0.6 is 10.7 Å². The number of carbonyl (C=O) groups excluding carboxylic acids is 7. The van der Waals surface area contributed by atoms with E-state index < -0.39 is 138 Å². The maximum absolute atomic E-state index is 14.6. The van der Waals surface area contributed by atoms with Gasteiger partial charge in [-0.1, -0.05) is 13.8 Å². The third-order valence-corrected chi connectivity index (χ3v) is 14.6. The fourth-order valence-corrected chi connectivity index (χ4v) is 9.51. The number of aromatic nitrogens is 5. The van der Waals surface area contributed by atoms with Crippen LogP contribution in [0.1, 0.15) is 95.8 Å². The Morgan fingerprint density at radius 1 is 0.453 bits per heavy atom. The Balaban J connectivity index is 0.000000345. The molecule has 45 heteroatoms. The number of halogens is 9. The van der Waals surface area contributed by atoms with Gasteiger partial charge in [0.05, 0.1) is 86.5 Å². The van der Waals surface area contributed by atoms with Crippen molar-refractivity contribution in [3.63, 3.8) is 0 Å². The molecule has 4 aromatic carbocycles. The van der Waals surface area contributed by atoms with Gasteiger partial charge in [0, 0.05) is 50.5 Å². The number of carbonyl (C=O) groups is 8. The van der Waals surface area contributed by atoms with Gasteiger partial charge in [0.15, 0.2) is 11.6 Å². The molecule has 0 fully saturated rings. The van der Waals surface area contributed by atoms with E-state index in [0.717, 1.165) is 30.5 Å². The van der Waals surface area contributed by atoms with Gasteiger partial charge in [0.25, 0.3) is 17.7 Å². The largest absolute Gasteiger partial charge is 0.477 e. The molecule has 564 valence electrons. The zero-order chi connectivity index (χ0) is 80.1. The van der Waals surface area contributed by atoms with Crippen LogP contribution in [0.3, 0.4) is 0 Å². The maximum Gasteiger partial charge on any atom is 0.341 e. The number of aromatic carboxylic acids is 1. The minimum atomic E-state index is -3.82. The second-order valence-electron chi connectivity index (χ2n) is 20.3. The molecule has 0 spiro atoms. The van der Waals surface area contributed by atoms with Gasteiger partial charge >= 0.3 is 17.3 Å². The molecule has 0 atom stereocenters. The number of nitrogens with zero attached hydrogens (tertiary/aromatic N) is 7. The van der Waals surface area contributed by atoms with Gasteiger partial charge in [-0.3, -0.25) is 63.8 Å². The highest BCUT2D eigenvalue weighted by Gasteiger charge is 2.29. The topological polar surface area (TPSA) is 524 Å². The number of carboxylic acid groups (broad SMARTS) is 1. The Hall–Kier alpha value is -13.0. The van der Waals surface area contributed by atoms with Crippen molar-refractivity contribution in [2.24, 2.45) is 0 Å². The summed E-state index contributed by atoms with van der Waals surface area (Å²) in [5.74, 6) is -16.0. The van der Waals surface area contributed by atoms with Crippen molar-refractivity contribution in [3.8, 4) is 0 Å². The zero-order valence-corrected chi connectivity index (χ0v) is 57.7. The fraction of sp³-hybridized carbons (Fsp3) is 0.164. The van der Waals surface area contributed by atoms with Crippen LogP contribution in [-0.2, 0) is 38.3 Å². The van der Waals surface area contributed by atoms with E-state index in [1.165, 1.54) is 88.9 Å². The summed E-state index contributed by atoms with van der Waals surface area (Å²) in [4.78, 5) is 127. The number of carboxylic acids is 1. The first-order chi connectivity index (χ1) is 49.5. The lowest BCUT2D eigenvalue weighted by atomic mass is 10.1. The lowest BCUT2D eigenvalue weighted by Crippen LogP contribution is -2.20. The van der Waals surface area contributed by atoms with Crippen LogP contribution in [0.2, 0.25) is 0 Å². The average molecular weight is 1550 g/mol. The third kappa shape index (κ3) is 28.8. The lowest BCUT2D eigenvalue weighted by Gasteiger charge is -2.12. The number of pyridine rings is 3. The highest BCUT2D eigenvalue weighted by atomic mass is 35.7. The predicted molar refractivity (Wildman–Crippen MR) is 368 cm³/mol. The van der Waals surface area contributed by atoms with Crippen molar-refractivity contribution in [1.29, 1.82) is 0 Å². The van der Waals surface area contributed by atoms with Crippen molar-refractivity contribution in [3.05, 3.63) is 205 Å². The quantitative estimate of drug-likeness (QED) is 0.0118. The van der Waals surface area contributed by atoms with Crippen LogP contribution in [0.25, 0.3) is 0 Å². The molecule has 8 aromatic rings. The SMILES string of the molecule is CC(=O)Nc1ccc(NC(=O)c2c(F)ccc(N)c2F)cn1.CC(=O)Nc1ccc(NC(=O)c2c(F)ccc([N+](=O)[O-])c2F)cn1.CC(=O)Nc1ncc(N)cn1.CCCS(=O)(=O)Cl.CCCS(=O)(=O)Nc1ccc(F)c(C(=O)Nc2ccc(NC(C)=O)nc2)c1F.O=C(O)c1c(F)ccc([N+](=O)[O-])c1F. The molecular weight excluding hydrogens is 1490 g/mol. The van der Waals surface area contributed by atoms with Crippen LogP contribution < -0.4 is 53.4 Å². The summed E-state index contributed by atoms with van der Waals surface area (Å²) >= 11 is 0. The fourth-order valence-electron chi connectivity index (χ4n) is 7.42. The number of nitro benzene ring substituents is 2. The summed E-state index contributed by atoms with van der Waals surface area (Å²) in [6, 6.07) is 14.3. The highest BCUT2D eigenvalue weighted by Crippen LogP contribution is 2.28. The Morgan fingerprint density at radius 2 is 0.792 bits per heavy atom. The molecule has 106 heavy (non-hydrogen) atoms. The molecule has 4 aromatic heterocycles. The second-order valence-corrected chi connectivity index (χ2v) is 25.1. The second kappa shape index (κ2) is 40.6. The predicted octanol–water partition coefficient (Wildman–Crippen LogP) is 9.91. The number of nitrogens with one attached hydrogen (secondary N) is 8. The van der Waals surface area contributed by atoms with Gasteiger partial charge in [0.2, 0.25) is 60.3 Å². The van der Waals surface area contributed by atoms with E-state index in [1.807, 2.05) is 4.72 Å². The molecule has 8 rings (SSSR count). The first-order valence-electron chi connectivity index (χ1n) is 29.1. The molecule has 0 radical (unpaired) electrons. The van der Waals surface area contributed by atoms with Gasteiger partial charge in [-0.2, -0.15) is 8.78 Å². The number of nitrogen functional groups attached to an aromatic ring is 2. The lowest BCUT2D eigenvalue weighted by molar-refractivity contribution is -0.387. The maximum atomic E-state index is 14.6. The number of benzene rings is 4. The Morgan fingerprint density at radius 3 is 1.11 bits per heavy atom. The van der Waals surface area contributed by atoms with Crippen molar-refractivity contribution in [2.75, 3.05) is 64.9 Å². The Bertz CT molecular complexity index is 4820. The Kier molecular flexibility index (Phi) is 33.4. The van der Waals surface area contributed by atoms with Crippen LogP contribution in [0.15, 0.2) is 116 Å². The van der Waals surface area contributed by atoms with Crippen LogP contribution in [0, 0.1) is 66.8 Å². The van der Waals surface area contributed by atoms with Crippen LogP contribution in [0.4, 0.5) is 104 Å². The van der Waals surface area contributed by atoms with Gasteiger partial charge in [-0.25, -0.2) is 72.9 Å². The van der Waals surface area contributed by atoms with E-state index in [0.29, 0.717) is 42.8 Å². The molecule has 0 saturated carbocycles. The molecule has 0 aliphatic carbocycles. The summed E-state index contributed by atoms with van der Waals surface area (Å²) in [5, 5.41) is 45.6. The summed E-state index contributed by atoms with van der Waals surface area (Å²) in [6.07, 6.45) is 7.32. The third-order valence-electron chi connectivity index (χ3n) is 11.8. The van der Waals surface area contributed by atoms with Crippen LogP contribution in [0.5, 0.6) is 0 Å². The monoisotopic (exact) mass is 1550 g/mol. The number of sulfonamides is 1. The number of hydrogen-bond acceptors (Lipinski definition) is 23. The van der Waals surface area contributed by atoms with Gasteiger partial charge < -0.3 is 48.5 Å². The number of nitro groups is 2. The van der Waals surface area contributed by atoms with Crippen molar-refractivity contribution in [1.82, 2.24) is 24.9 Å². The van der Waals surface area contributed by atoms with Gasteiger partial charge in [-0.05, 0) is 85.6 Å². The number of rotatable bonds is 19. The van der Waals surface area contributed by atoms with Crippen molar-refractivity contribution >= 4 is 146 Å². The van der Waals surface area contributed by atoms with Crippen LogP contribution in [-0.4, -0.2) is 116 Å². The molecule has 34 nitrogen and oxygen atoms in total. The summed E-state index contributed by atoms with van der Waals surface area (Å²) in [5.41, 5.74) is 4.47. The molecule has 4 heterocycles. The number of amides is 7. The molecule has 0 unspecified atom stereocenters. The smallest absolute Gasteiger partial charge is 0.341 e. The zero-order valence-electron chi connectivity index (χ0n) is 55.3. The van der Waals surface area contributed by atoms with E-state index in [9.17, 15) is 111 Å². The summed E-state index contributed by atoms with van der Waals surface area (Å²) in [7, 11) is -2.22. The van der Waals surface area contributed by atoms with E-state index in [-0.39, 0.29) is 81.3 Å². The molecule has 7 amide bonds. The van der Waals surface area contributed by atoms with Gasteiger partial charge in [0.1, 0.15) is 63.0 Å². The first kappa shape index (κ1) is 87.2. The summed E-state index contributed by atoms with van der Waals surface area (Å²) in [6.45, 7) is 8.68. The molecule has 0 aliphatic rings. The minimum Gasteiger partial charge on any atom is -0.477 e. The van der Waals surface area contributed by atoms with Crippen molar-refractivity contribution < 1.29 is 105 Å². The van der Waals surface area contributed by atoms with E-state index in [1.54, 1.807) is 13.8 Å². The van der Waals surface area contributed by atoms with E-state index in [2.05, 4.69) is 62.1 Å². The standard InChI is InChI=1S/C17H18F2N4O4S.C14H10F2N4O4.C14H12F2N4O2.C7H3F2NO4.C6H8N4O.C3H7ClO2S/c1-3-8-28(26,27)23-13-6-5-12(18)15(16(13)19)17(25)22-11-4-7-14(20-9-11)21-10(2)24;1-7(21)18-11-5-2-8(6-17-11)19-14(22)12-9(15)3-4-10(13(12)16)20(23)24;1-7(21)19-11-5-2-8(6-18-11)20-14(22)12-9(15)3-4-10(17)13(12)16;8-3-1-2-4(10(13)14)6(9)5(3)7(11)12;1-4(11)10-6-8-2-5(7)3-9-6;1-2-3-7(4,5)6/h4-7,9,23H,3,8H2,1-2H3,(H,22,25)(H,20,21,24);2-6H,1H3,(H,19,22)(H,17,18,21);2-6H,17H2,1H3,(H,20,22)(H,18,19,21);1-2H,(H,11,12);2-3H,7H2,1H3,(H,8,9,10,11);2-3H2,1H3. The first-order valence-corrected chi connectivity index (χ1v) is 33.2. The van der Waals surface area contributed by atoms with E-state index in [4.69, 9.17) is 27.3 Å². The molecular formula is C61H58ClF8N17O17S2. The molecule has 13 N–H and O–H groups in total. The average Bonchev–Trinajstić information content (AvgIpc) is 0.823. The number of nitrogens with two attached hydrogens (primary N) is 2. The van der Waals surface area contributed by atoms with Crippen molar-refractivity contribution in [2.45, 2.75) is 54.4 Å².